The van der Waals surface area contributed by atoms with Crippen molar-refractivity contribution >= 4 is 40.5 Å². The van der Waals surface area contributed by atoms with Gasteiger partial charge in [-0.3, -0.25) is 0 Å². The molecule has 3 aromatic rings. The minimum Gasteiger partial charge on any atom is -0.485 e. The molecule has 0 amide bonds. The highest BCUT2D eigenvalue weighted by Crippen LogP contribution is 2.36. The lowest BCUT2D eigenvalue weighted by atomic mass is 10.0. The Morgan fingerprint density at radius 2 is 1.64 bits per heavy atom. The second-order valence-electron chi connectivity index (χ2n) is 5.90. The fourth-order valence-corrected chi connectivity index (χ4v) is 3.84. The Hall–Kier alpha value is -2.08. The van der Waals surface area contributed by atoms with E-state index in [2.05, 4.69) is 36.7 Å². The molecule has 0 aromatic heterocycles. The van der Waals surface area contributed by atoms with Gasteiger partial charge in [-0.2, -0.15) is 0 Å². The lowest BCUT2D eigenvalue weighted by molar-refractivity contribution is 0.373. The standard InChI is InChI=1S/C20H16FNOP2/c21-17-4-2-1-3-16(17)12-5-6-18-20(9-12)23-11-19(22-18)13-7-14(24)10-15(25)8-13/h1-10H,11,24-25H2. The third-order valence-electron chi connectivity index (χ3n) is 4.08. The summed E-state index contributed by atoms with van der Waals surface area (Å²) in [5.41, 5.74) is 4.04. The number of hydrogen-bond acceptors (Lipinski definition) is 2. The number of hydrogen-bond donors (Lipinski definition) is 0. The van der Waals surface area contributed by atoms with Crippen LogP contribution in [0.5, 0.6) is 5.75 Å². The molecule has 0 saturated carbocycles. The van der Waals surface area contributed by atoms with Crippen LogP contribution in [-0.2, 0) is 0 Å². The molecule has 0 saturated heterocycles. The van der Waals surface area contributed by atoms with Crippen molar-refractivity contribution in [2.24, 2.45) is 4.99 Å². The van der Waals surface area contributed by atoms with Crippen molar-refractivity contribution in [3.63, 3.8) is 0 Å². The fourth-order valence-electron chi connectivity index (χ4n) is 2.90. The molecule has 0 radical (unpaired) electrons. The van der Waals surface area contributed by atoms with Crippen LogP contribution in [0.25, 0.3) is 11.1 Å². The molecule has 5 heteroatoms. The van der Waals surface area contributed by atoms with E-state index in [9.17, 15) is 4.39 Å². The van der Waals surface area contributed by atoms with Crippen LogP contribution in [0.2, 0.25) is 0 Å². The zero-order chi connectivity index (χ0) is 17.4. The quantitative estimate of drug-likeness (QED) is 0.628. The Morgan fingerprint density at radius 3 is 2.40 bits per heavy atom. The van der Waals surface area contributed by atoms with Gasteiger partial charge in [-0.1, -0.05) is 24.3 Å². The Balaban J connectivity index is 1.73. The Bertz CT molecular complexity index is 980. The van der Waals surface area contributed by atoms with Crippen LogP contribution in [0.1, 0.15) is 5.56 Å². The summed E-state index contributed by atoms with van der Waals surface area (Å²) in [5.74, 6) is 0.435. The minimum atomic E-state index is -0.243. The second kappa shape index (κ2) is 6.67. The maximum atomic E-state index is 14.0. The third kappa shape index (κ3) is 3.35. The van der Waals surface area contributed by atoms with Crippen molar-refractivity contribution < 1.29 is 9.13 Å². The van der Waals surface area contributed by atoms with Crippen LogP contribution in [0.4, 0.5) is 10.1 Å². The van der Waals surface area contributed by atoms with E-state index in [4.69, 9.17) is 9.73 Å². The molecule has 1 aliphatic heterocycles. The molecule has 0 aliphatic carbocycles. The number of nitrogens with zero attached hydrogens (tertiary/aromatic N) is 1. The number of benzene rings is 3. The van der Waals surface area contributed by atoms with Crippen molar-refractivity contribution in [3.05, 3.63) is 72.0 Å². The Kier molecular flexibility index (Phi) is 4.37. The van der Waals surface area contributed by atoms with Gasteiger partial charge in [-0.05, 0) is 52.6 Å². The summed E-state index contributed by atoms with van der Waals surface area (Å²) in [4.78, 5) is 4.73. The lowest BCUT2D eigenvalue weighted by Crippen LogP contribution is -2.19. The summed E-state index contributed by atoms with van der Waals surface area (Å²) < 4.78 is 19.9. The van der Waals surface area contributed by atoms with Gasteiger partial charge in [-0.25, -0.2) is 9.38 Å². The van der Waals surface area contributed by atoms with Crippen molar-refractivity contribution in [1.82, 2.24) is 0 Å². The maximum absolute atomic E-state index is 14.0. The van der Waals surface area contributed by atoms with E-state index in [0.29, 0.717) is 17.9 Å². The van der Waals surface area contributed by atoms with E-state index in [1.54, 1.807) is 12.1 Å². The van der Waals surface area contributed by atoms with Crippen molar-refractivity contribution in [3.8, 4) is 16.9 Å². The molecule has 25 heavy (non-hydrogen) atoms. The maximum Gasteiger partial charge on any atom is 0.146 e. The van der Waals surface area contributed by atoms with Gasteiger partial charge in [0, 0.05) is 11.1 Å². The van der Waals surface area contributed by atoms with Crippen molar-refractivity contribution in [2.45, 2.75) is 0 Å². The molecular weight excluding hydrogens is 351 g/mol. The summed E-state index contributed by atoms with van der Waals surface area (Å²) in [7, 11) is 5.41. The summed E-state index contributed by atoms with van der Waals surface area (Å²) in [6.45, 7) is 0.395. The lowest BCUT2D eigenvalue weighted by Gasteiger charge is -2.18. The average molecular weight is 367 g/mol. The minimum absolute atomic E-state index is 0.243. The molecule has 0 N–H and O–H groups in total. The van der Waals surface area contributed by atoms with E-state index in [-0.39, 0.29) is 5.82 Å². The molecule has 0 fully saturated rings. The van der Waals surface area contributed by atoms with Crippen LogP contribution >= 0.6 is 18.5 Å². The molecule has 2 atom stereocenters. The molecule has 0 bridgehead atoms. The molecular formula is C20H16FNOP2. The number of aliphatic imine (C=N–C) groups is 1. The highest BCUT2D eigenvalue weighted by molar-refractivity contribution is 7.29. The number of halogens is 1. The van der Waals surface area contributed by atoms with E-state index in [0.717, 1.165) is 33.1 Å². The van der Waals surface area contributed by atoms with Gasteiger partial charge in [0.25, 0.3) is 0 Å². The number of ether oxygens (including phenoxy) is 1. The van der Waals surface area contributed by atoms with Crippen molar-refractivity contribution in [1.29, 1.82) is 0 Å². The summed E-state index contributed by atoms with van der Waals surface area (Å²) in [5, 5.41) is 2.21. The van der Waals surface area contributed by atoms with E-state index < -0.39 is 0 Å². The molecule has 3 aromatic carbocycles. The Labute approximate surface area is 150 Å². The highest BCUT2D eigenvalue weighted by atomic mass is 31.0. The van der Waals surface area contributed by atoms with Gasteiger partial charge in [0.1, 0.15) is 23.9 Å². The molecule has 124 valence electrons. The van der Waals surface area contributed by atoms with Crippen LogP contribution in [0.3, 0.4) is 0 Å². The smallest absolute Gasteiger partial charge is 0.146 e. The molecule has 0 spiro atoms. The van der Waals surface area contributed by atoms with Crippen molar-refractivity contribution in [2.75, 3.05) is 6.61 Å². The van der Waals surface area contributed by atoms with Gasteiger partial charge in [0.2, 0.25) is 0 Å². The zero-order valence-corrected chi connectivity index (χ0v) is 15.7. The first kappa shape index (κ1) is 16.4. The second-order valence-corrected chi connectivity index (χ2v) is 7.23. The molecule has 1 aliphatic rings. The first-order valence-corrected chi connectivity index (χ1v) is 9.01. The van der Waals surface area contributed by atoms with Gasteiger partial charge in [-0.15, -0.1) is 18.5 Å². The van der Waals surface area contributed by atoms with Gasteiger partial charge in [0.05, 0.1) is 5.71 Å². The first-order chi connectivity index (χ1) is 12.1. The largest absolute Gasteiger partial charge is 0.485 e. The molecule has 2 nitrogen and oxygen atoms in total. The monoisotopic (exact) mass is 367 g/mol. The number of rotatable bonds is 2. The van der Waals surface area contributed by atoms with Crippen LogP contribution in [0.15, 0.2) is 65.7 Å². The van der Waals surface area contributed by atoms with Gasteiger partial charge < -0.3 is 4.74 Å². The number of fused-ring (bicyclic) bond motifs is 1. The van der Waals surface area contributed by atoms with Gasteiger partial charge in [0.15, 0.2) is 0 Å². The molecule has 2 unspecified atom stereocenters. The van der Waals surface area contributed by atoms with E-state index in [1.165, 1.54) is 6.07 Å². The van der Waals surface area contributed by atoms with Gasteiger partial charge >= 0.3 is 0 Å². The van der Waals surface area contributed by atoms with Crippen LogP contribution < -0.4 is 15.3 Å². The predicted octanol–water partition coefficient (Wildman–Crippen LogP) is 4.01. The summed E-state index contributed by atoms with van der Waals surface area (Å²) >= 11 is 0. The van der Waals surface area contributed by atoms with Crippen LogP contribution in [0, 0.1) is 5.82 Å². The first-order valence-electron chi connectivity index (χ1n) is 7.86. The van der Waals surface area contributed by atoms with E-state index >= 15 is 0 Å². The third-order valence-corrected chi connectivity index (χ3v) is 4.74. The summed E-state index contributed by atoms with van der Waals surface area (Å²) in [6, 6.07) is 18.5. The Morgan fingerprint density at radius 1 is 0.880 bits per heavy atom. The van der Waals surface area contributed by atoms with Crippen LogP contribution in [-0.4, -0.2) is 12.3 Å². The SMILES string of the molecule is Fc1ccccc1-c1ccc2c(c1)OCC(c1cc(P)cc(P)c1)=N2. The average Bonchev–Trinajstić information content (AvgIpc) is 2.60. The molecule has 4 rings (SSSR count). The summed E-state index contributed by atoms with van der Waals surface area (Å²) in [6.07, 6.45) is 0. The normalized spacial score (nSPS) is 13.0. The highest BCUT2D eigenvalue weighted by Gasteiger charge is 2.16. The molecule has 1 heterocycles. The van der Waals surface area contributed by atoms with E-state index in [1.807, 2.05) is 24.3 Å². The topological polar surface area (TPSA) is 21.6 Å². The predicted molar refractivity (Wildman–Crippen MR) is 109 cm³/mol. The zero-order valence-electron chi connectivity index (χ0n) is 13.4. The fraction of sp³-hybridized carbons (Fsp3) is 0.0500.